The summed E-state index contributed by atoms with van der Waals surface area (Å²) in [4.78, 5) is 23.9. The number of nitrogens with zero attached hydrogens (tertiary/aromatic N) is 4. The van der Waals surface area contributed by atoms with E-state index >= 15 is 0 Å². The van der Waals surface area contributed by atoms with Crippen molar-refractivity contribution in [2.24, 2.45) is 0 Å². The zero-order chi connectivity index (χ0) is 15.7. The lowest BCUT2D eigenvalue weighted by molar-refractivity contribution is -0.327. The number of alkyl halides is 2. The smallest absolute Gasteiger partial charge is 0.381 e. The highest BCUT2D eigenvalue weighted by atomic mass is 35.5. The van der Waals surface area contributed by atoms with Gasteiger partial charge in [-0.3, -0.25) is 0 Å². The fraction of sp³-hybridized carbons (Fsp3) is 0.333. The summed E-state index contributed by atoms with van der Waals surface area (Å²) in [6, 6.07) is 2.55. The van der Waals surface area contributed by atoms with Crippen LogP contribution in [-0.2, 0) is 4.74 Å². The molecule has 0 N–H and O–H groups in total. The molecular formula is C12H9ClF2N4O3. The van der Waals surface area contributed by atoms with Crippen molar-refractivity contribution in [1.82, 2.24) is 19.9 Å². The predicted molar refractivity (Wildman–Crippen MR) is 70.6 cm³/mol. The lowest BCUT2D eigenvalue weighted by Gasteiger charge is -2.30. The van der Waals surface area contributed by atoms with Crippen molar-refractivity contribution in [1.29, 1.82) is 0 Å². The van der Waals surface area contributed by atoms with Gasteiger partial charge in [0, 0.05) is 19.2 Å². The molecule has 0 saturated carbocycles. The number of likely N-dealkylation sites (tertiary alicyclic amines) is 1. The van der Waals surface area contributed by atoms with E-state index in [-0.39, 0.29) is 10.7 Å². The maximum absolute atomic E-state index is 13.6. The van der Waals surface area contributed by atoms with Crippen molar-refractivity contribution < 1.29 is 23.0 Å². The number of hydrogen-bond donors (Lipinski definition) is 0. The standard InChI is InChI=1S/C12H9ClF2N4O3/c13-10-9-7(16-6-17-10)2-3-8(18-9)21-12(14,15)22-11(20)19-4-1-5-19/h2-3,6H,1,4-5H2. The van der Waals surface area contributed by atoms with Gasteiger partial charge in [0.15, 0.2) is 5.15 Å². The molecular weight excluding hydrogens is 322 g/mol. The average Bonchev–Trinajstić information content (AvgIpc) is 2.36. The Morgan fingerprint density at radius 1 is 1.32 bits per heavy atom. The number of hydrogen-bond acceptors (Lipinski definition) is 6. The predicted octanol–water partition coefficient (Wildman–Crippen LogP) is 2.45. The molecule has 0 unspecified atom stereocenters. The molecule has 1 amide bonds. The maximum Gasteiger partial charge on any atom is 0.590 e. The number of fused-ring (bicyclic) bond motifs is 1. The molecule has 7 nitrogen and oxygen atoms in total. The van der Waals surface area contributed by atoms with Gasteiger partial charge in [0.05, 0.1) is 5.52 Å². The van der Waals surface area contributed by atoms with Gasteiger partial charge >= 0.3 is 12.4 Å². The van der Waals surface area contributed by atoms with Crippen LogP contribution in [0.15, 0.2) is 18.5 Å². The van der Waals surface area contributed by atoms with E-state index in [2.05, 4.69) is 24.4 Å². The summed E-state index contributed by atoms with van der Waals surface area (Å²) in [6.07, 6.45) is -3.31. The molecule has 1 aliphatic heterocycles. The molecule has 0 aliphatic carbocycles. The number of pyridine rings is 1. The van der Waals surface area contributed by atoms with Crippen LogP contribution >= 0.6 is 11.6 Å². The van der Waals surface area contributed by atoms with Crippen molar-refractivity contribution in [3.05, 3.63) is 23.6 Å². The van der Waals surface area contributed by atoms with E-state index in [4.69, 9.17) is 11.6 Å². The third kappa shape index (κ3) is 2.98. The summed E-state index contributed by atoms with van der Waals surface area (Å²) in [5.74, 6) is -0.467. The summed E-state index contributed by atoms with van der Waals surface area (Å²) in [5.41, 5.74) is 0.472. The van der Waals surface area contributed by atoms with Crippen LogP contribution in [0.3, 0.4) is 0 Å². The van der Waals surface area contributed by atoms with Crippen LogP contribution in [0, 0.1) is 0 Å². The Bertz CT molecular complexity index is 727. The monoisotopic (exact) mass is 330 g/mol. The van der Waals surface area contributed by atoms with E-state index in [9.17, 15) is 13.6 Å². The van der Waals surface area contributed by atoms with Crippen molar-refractivity contribution >= 4 is 28.7 Å². The normalized spacial score (nSPS) is 14.6. The number of carbonyl (C=O) groups is 1. The lowest BCUT2D eigenvalue weighted by Crippen LogP contribution is -2.46. The Morgan fingerprint density at radius 2 is 2.09 bits per heavy atom. The van der Waals surface area contributed by atoms with Gasteiger partial charge < -0.3 is 14.4 Å². The van der Waals surface area contributed by atoms with Gasteiger partial charge in [-0.05, 0) is 12.5 Å². The Morgan fingerprint density at radius 3 is 2.77 bits per heavy atom. The average molecular weight is 331 g/mol. The first-order chi connectivity index (χ1) is 10.4. The third-order valence-electron chi connectivity index (χ3n) is 2.96. The minimum atomic E-state index is -4.14. The fourth-order valence-corrected chi connectivity index (χ4v) is 1.94. The molecule has 1 fully saturated rings. The Kier molecular flexibility index (Phi) is 3.65. The molecule has 1 saturated heterocycles. The number of carbonyl (C=O) groups excluding carboxylic acids is 1. The minimum absolute atomic E-state index is 0.00339. The summed E-state index contributed by atoms with van der Waals surface area (Å²) in [7, 11) is 0. The van der Waals surface area contributed by atoms with Crippen LogP contribution < -0.4 is 4.74 Å². The highest BCUT2D eigenvalue weighted by molar-refractivity contribution is 6.33. The van der Waals surface area contributed by atoms with E-state index in [0.29, 0.717) is 18.6 Å². The quantitative estimate of drug-likeness (QED) is 0.635. The van der Waals surface area contributed by atoms with E-state index in [0.717, 1.165) is 17.4 Å². The Labute approximate surface area is 127 Å². The number of aromatic nitrogens is 3. The molecule has 3 heterocycles. The molecule has 1 aliphatic rings. The van der Waals surface area contributed by atoms with E-state index in [1.54, 1.807) is 0 Å². The molecule has 2 aromatic rings. The summed E-state index contributed by atoms with van der Waals surface area (Å²) in [6.45, 7) is 0.770. The molecule has 116 valence electrons. The van der Waals surface area contributed by atoms with Crippen molar-refractivity contribution in [3.63, 3.8) is 0 Å². The van der Waals surface area contributed by atoms with Crippen molar-refractivity contribution in [2.45, 2.75) is 12.7 Å². The molecule has 0 aromatic carbocycles. The van der Waals surface area contributed by atoms with Gasteiger partial charge in [-0.15, -0.1) is 8.78 Å². The first-order valence-corrected chi connectivity index (χ1v) is 6.64. The third-order valence-corrected chi connectivity index (χ3v) is 3.23. The van der Waals surface area contributed by atoms with E-state index in [1.165, 1.54) is 12.4 Å². The highest BCUT2D eigenvalue weighted by Gasteiger charge is 2.41. The van der Waals surface area contributed by atoms with Gasteiger partial charge in [0.25, 0.3) is 0 Å². The van der Waals surface area contributed by atoms with Crippen LogP contribution in [0.4, 0.5) is 13.6 Å². The van der Waals surface area contributed by atoms with Crippen LogP contribution in [-0.4, -0.2) is 45.3 Å². The summed E-state index contributed by atoms with van der Waals surface area (Å²) in [5, 5.41) is -0.00339. The second-order valence-electron chi connectivity index (χ2n) is 4.46. The van der Waals surface area contributed by atoms with Crippen LogP contribution in [0.1, 0.15) is 6.42 Å². The van der Waals surface area contributed by atoms with Gasteiger partial charge in [0.1, 0.15) is 11.8 Å². The maximum atomic E-state index is 13.6. The zero-order valence-corrected chi connectivity index (χ0v) is 11.8. The van der Waals surface area contributed by atoms with Gasteiger partial charge in [-0.25, -0.2) is 19.7 Å². The molecule has 22 heavy (non-hydrogen) atoms. The first-order valence-electron chi connectivity index (χ1n) is 6.27. The molecule has 0 bridgehead atoms. The topological polar surface area (TPSA) is 77.4 Å². The summed E-state index contributed by atoms with van der Waals surface area (Å²) >= 11 is 5.80. The number of halogens is 3. The number of rotatable bonds is 3. The SMILES string of the molecule is O=C(OC(F)(F)Oc1ccc2ncnc(Cl)c2n1)N1CCC1. The summed E-state index contributed by atoms with van der Waals surface area (Å²) < 4.78 is 35.5. The lowest BCUT2D eigenvalue weighted by atomic mass is 10.2. The second-order valence-corrected chi connectivity index (χ2v) is 4.81. The van der Waals surface area contributed by atoms with Gasteiger partial charge in [-0.1, -0.05) is 11.6 Å². The fourth-order valence-electron chi connectivity index (χ4n) is 1.76. The van der Waals surface area contributed by atoms with Crippen LogP contribution in [0.5, 0.6) is 5.88 Å². The van der Waals surface area contributed by atoms with Crippen LogP contribution in [0.2, 0.25) is 5.15 Å². The minimum Gasteiger partial charge on any atom is -0.381 e. The Hall–Kier alpha value is -2.29. The second kappa shape index (κ2) is 5.48. The largest absolute Gasteiger partial charge is 0.590 e. The van der Waals surface area contributed by atoms with Gasteiger partial charge in [0.2, 0.25) is 5.88 Å². The zero-order valence-electron chi connectivity index (χ0n) is 11.0. The van der Waals surface area contributed by atoms with E-state index < -0.39 is 18.3 Å². The van der Waals surface area contributed by atoms with Crippen molar-refractivity contribution in [3.8, 4) is 5.88 Å². The molecule has 0 atom stereocenters. The molecule has 0 spiro atoms. The molecule has 3 rings (SSSR count). The first kappa shape index (κ1) is 14.6. The Balaban J connectivity index is 1.76. The molecule has 2 aromatic heterocycles. The van der Waals surface area contributed by atoms with Crippen molar-refractivity contribution in [2.75, 3.05) is 13.1 Å². The number of amides is 1. The number of ether oxygens (including phenoxy) is 2. The van der Waals surface area contributed by atoms with E-state index in [1.807, 2.05) is 0 Å². The van der Waals surface area contributed by atoms with Crippen LogP contribution in [0.25, 0.3) is 11.0 Å². The molecule has 0 radical (unpaired) electrons. The highest BCUT2D eigenvalue weighted by Crippen LogP contribution is 2.26. The molecule has 10 heteroatoms. The van der Waals surface area contributed by atoms with Gasteiger partial charge in [-0.2, -0.15) is 0 Å².